The zero-order valence-corrected chi connectivity index (χ0v) is 10.1. The number of rotatable bonds is 4. The molecule has 0 atom stereocenters. The van der Waals surface area contributed by atoms with E-state index in [2.05, 4.69) is 10.3 Å². The highest BCUT2D eigenvalue weighted by molar-refractivity contribution is 5.34. The van der Waals surface area contributed by atoms with Gasteiger partial charge in [0.2, 0.25) is 5.95 Å². The second-order valence-electron chi connectivity index (χ2n) is 4.09. The molecule has 0 aliphatic carbocycles. The van der Waals surface area contributed by atoms with E-state index in [1.54, 1.807) is 18.2 Å². The molecule has 1 aromatic carbocycles. The molecular weight excluding hydrogens is 234 g/mol. The molecule has 94 valence electrons. The number of hydrogen-bond acceptors (Lipinski definition) is 2. The van der Waals surface area contributed by atoms with Gasteiger partial charge in [0.15, 0.2) is 0 Å². The number of aryl methyl sites for hydroxylation is 1. The molecule has 0 aliphatic heterocycles. The Labute approximate surface area is 105 Å². The second-order valence-corrected chi connectivity index (χ2v) is 4.09. The van der Waals surface area contributed by atoms with Gasteiger partial charge in [0, 0.05) is 6.54 Å². The second kappa shape index (κ2) is 5.58. The van der Waals surface area contributed by atoms with Crippen LogP contribution in [-0.4, -0.2) is 11.5 Å². The summed E-state index contributed by atoms with van der Waals surface area (Å²) in [4.78, 5) is 3.70. The smallest absolute Gasteiger partial charge is 0.214 e. The van der Waals surface area contributed by atoms with Crippen LogP contribution in [0.3, 0.4) is 0 Å². The molecule has 0 unspecified atom stereocenters. The Morgan fingerprint density at radius 1 is 1.17 bits per heavy atom. The Hall–Kier alpha value is -1.97. The van der Waals surface area contributed by atoms with Crippen LogP contribution in [0.4, 0.5) is 14.6 Å². The van der Waals surface area contributed by atoms with Crippen molar-refractivity contribution < 1.29 is 8.78 Å². The first-order valence-corrected chi connectivity index (χ1v) is 5.76. The highest BCUT2D eigenvalue weighted by Gasteiger charge is 2.01. The summed E-state index contributed by atoms with van der Waals surface area (Å²) in [6.07, 6.45) is 0.740. The highest BCUT2D eigenvalue weighted by atomic mass is 19.1. The number of aromatic nitrogens is 1. The van der Waals surface area contributed by atoms with Gasteiger partial charge in [-0.25, -0.2) is 9.37 Å². The Kier molecular flexibility index (Phi) is 3.87. The highest BCUT2D eigenvalue weighted by Crippen LogP contribution is 2.11. The minimum Gasteiger partial charge on any atom is -0.370 e. The van der Waals surface area contributed by atoms with Crippen LogP contribution in [0, 0.1) is 18.7 Å². The fraction of sp³-hybridized carbons (Fsp3) is 0.214. The fourth-order valence-electron chi connectivity index (χ4n) is 1.77. The molecular formula is C14H14F2N2. The third-order valence-corrected chi connectivity index (χ3v) is 2.72. The average Bonchev–Trinajstić information content (AvgIpc) is 2.32. The van der Waals surface area contributed by atoms with Crippen LogP contribution in [0.1, 0.15) is 11.1 Å². The molecule has 0 amide bonds. The van der Waals surface area contributed by atoms with Gasteiger partial charge >= 0.3 is 0 Å². The molecule has 1 aromatic heterocycles. The quantitative estimate of drug-likeness (QED) is 0.839. The Bertz CT molecular complexity index is 541. The van der Waals surface area contributed by atoms with Gasteiger partial charge in [-0.1, -0.05) is 12.1 Å². The van der Waals surface area contributed by atoms with Crippen molar-refractivity contribution in [3.8, 4) is 0 Å². The molecule has 2 rings (SSSR count). The van der Waals surface area contributed by atoms with E-state index in [1.807, 2.05) is 6.92 Å². The molecule has 0 bridgehead atoms. The first-order chi connectivity index (χ1) is 8.65. The van der Waals surface area contributed by atoms with Crippen LogP contribution in [-0.2, 0) is 6.42 Å². The van der Waals surface area contributed by atoms with Gasteiger partial charge < -0.3 is 5.32 Å². The van der Waals surface area contributed by atoms with E-state index in [4.69, 9.17) is 0 Å². The van der Waals surface area contributed by atoms with Crippen LogP contribution in [0.15, 0.2) is 36.4 Å². The molecule has 2 nitrogen and oxygen atoms in total. The van der Waals surface area contributed by atoms with Crippen LogP contribution in [0.5, 0.6) is 0 Å². The van der Waals surface area contributed by atoms with Crippen LogP contribution < -0.4 is 5.32 Å². The topological polar surface area (TPSA) is 24.9 Å². The first kappa shape index (κ1) is 12.5. The van der Waals surface area contributed by atoms with Crippen LogP contribution in [0.2, 0.25) is 0 Å². The normalized spacial score (nSPS) is 10.4. The lowest BCUT2D eigenvalue weighted by Crippen LogP contribution is -2.07. The van der Waals surface area contributed by atoms with Crippen molar-refractivity contribution in [3.05, 3.63) is 59.3 Å². The minimum atomic E-state index is -0.502. The molecule has 0 fully saturated rings. The number of halogens is 2. The van der Waals surface area contributed by atoms with Gasteiger partial charge in [0.25, 0.3) is 0 Å². The van der Waals surface area contributed by atoms with E-state index in [1.165, 1.54) is 18.2 Å². The zero-order valence-electron chi connectivity index (χ0n) is 10.1. The zero-order chi connectivity index (χ0) is 13.0. The van der Waals surface area contributed by atoms with Crippen molar-refractivity contribution in [2.24, 2.45) is 0 Å². The van der Waals surface area contributed by atoms with Gasteiger partial charge in [-0.15, -0.1) is 0 Å². The van der Waals surface area contributed by atoms with Crippen molar-refractivity contribution >= 4 is 5.82 Å². The fourth-order valence-corrected chi connectivity index (χ4v) is 1.77. The van der Waals surface area contributed by atoms with E-state index in [9.17, 15) is 8.78 Å². The molecule has 0 saturated heterocycles. The third-order valence-electron chi connectivity index (χ3n) is 2.72. The number of anilines is 1. The standard InChI is InChI=1S/C14H14F2N2/c1-10-9-12(15)6-5-11(10)7-8-17-14-4-2-3-13(16)18-14/h2-6,9H,7-8H2,1H3,(H,17,18). The van der Waals surface area contributed by atoms with Crippen molar-refractivity contribution in [1.29, 1.82) is 0 Å². The van der Waals surface area contributed by atoms with Gasteiger partial charge in [-0.3, -0.25) is 0 Å². The molecule has 4 heteroatoms. The summed E-state index contributed by atoms with van der Waals surface area (Å²) in [7, 11) is 0. The SMILES string of the molecule is Cc1cc(F)ccc1CCNc1cccc(F)n1. The van der Waals surface area contributed by atoms with Gasteiger partial charge in [-0.2, -0.15) is 4.39 Å². The van der Waals surface area contributed by atoms with Crippen molar-refractivity contribution in [1.82, 2.24) is 4.98 Å². The van der Waals surface area contributed by atoms with E-state index in [0.29, 0.717) is 12.4 Å². The van der Waals surface area contributed by atoms with Gasteiger partial charge in [0.1, 0.15) is 11.6 Å². The van der Waals surface area contributed by atoms with E-state index < -0.39 is 5.95 Å². The third kappa shape index (κ3) is 3.26. The molecule has 0 saturated carbocycles. The summed E-state index contributed by atoms with van der Waals surface area (Å²) in [5.41, 5.74) is 1.99. The van der Waals surface area contributed by atoms with Crippen molar-refractivity contribution in [3.63, 3.8) is 0 Å². The van der Waals surface area contributed by atoms with Crippen LogP contribution in [0.25, 0.3) is 0 Å². The molecule has 1 heterocycles. The maximum atomic E-state index is 12.9. The van der Waals surface area contributed by atoms with E-state index in [-0.39, 0.29) is 5.82 Å². The largest absolute Gasteiger partial charge is 0.370 e. The number of nitrogens with one attached hydrogen (secondary N) is 1. The summed E-state index contributed by atoms with van der Waals surface area (Å²) in [5.74, 6) is -0.219. The van der Waals surface area contributed by atoms with E-state index >= 15 is 0 Å². The minimum absolute atomic E-state index is 0.226. The summed E-state index contributed by atoms with van der Waals surface area (Å²) in [5, 5.41) is 3.03. The molecule has 1 N–H and O–H groups in total. The molecule has 0 spiro atoms. The first-order valence-electron chi connectivity index (χ1n) is 5.76. The number of benzene rings is 1. The number of hydrogen-bond donors (Lipinski definition) is 1. The van der Waals surface area contributed by atoms with Crippen LogP contribution >= 0.6 is 0 Å². The average molecular weight is 248 g/mol. The molecule has 18 heavy (non-hydrogen) atoms. The monoisotopic (exact) mass is 248 g/mol. The van der Waals surface area contributed by atoms with Crippen molar-refractivity contribution in [2.75, 3.05) is 11.9 Å². The predicted molar refractivity (Wildman–Crippen MR) is 67.5 cm³/mol. The summed E-state index contributed by atoms with van der Waals surface area (Å²) in [6, 6.07) is 9.34. The maximum absolute atomic E-state index is 12.9. The number of nitrogens with zero attached hydrogens (tertiary/aromatic N) is 1. The van der Waals surface area contributed by atoms with E-state index in [0.717, 1.165) is 17.5 Å². The lowest BCUT2D eigenvalue weighted by molar-refractivity contribution is 0.585. The van der Waals surface area contributed by atoms with Crippen molar-refractivity contribution in [2.45, 2.75) is 13.3 Å². The maximum Gasteiger partial charge on any atom is 0.214 e. The van der Waals surface area contributed by atoms with Gasteiger partial charge in [-0.05, 0) is 48.7 Å². The summed E-state index contributed by atoms with van der Waals surface area (Å²) in [6.45, 7) is 2.50. The Morgan fingerprint density at radius 3 is 2.72 bits per heavy atom. The summed E-state index contributed by atoms with van der Waals surface area (Å²) >= 11 is 0. The molecule has 2 aromatic rings. The van der Waals surface area contributed by atoms with Gasteiger partial charge in [0.05, 0.1) is 0 Å². The Morgan fingerprint density at radius 2 is 2.00 bits per heavy atom. The number of pyridine rings is 1. The Balaban J connectivity index is 1.92. The molecule has 0 aliphatic rings. The predicted octanol–water partition coefficient (Wildman–Crippen LogP) is 3.32. The molecule has 0 radical (unpaired) electrons. The lowest BCUT2D eigenvalue weighted by atomic mass is 10.1. The lowest BCUT2D eigenvalue weighted by Gasteiger charge is -2.08. The summed E-state index contributed by atoms with van der Waals surface area (Å²) < 4.78 is 25.7.